The van der Waals surface area contributed by atoms with Crippen molar-refractivity contribution in [2.45, 2.75) is 4.90 Å². The first-order valence-electron chi connectivity index (χ1n) is 3.64. The van der Waals surface area contributed by atoms with Crippen LogP contribution >= 0.6 is 11.6 Å². The summed E-state index contributed by atoms with van der Waals surface area (Å²) in [6.45, 7) is -0.626. The molecule has 0 spiro atoms. The number of halogens is 2. The summed E-state index contributed by atoms with van der Waals surface area (Å²) in [7, 11) is -1.39. The molecule has 2 nitrogen and oxygen atoms in total. The van der Waals surface area contributed by atoms with Gasteiger partial charge in [-0.1, -0.05) is 11.6 Å². The van der Waals surface area contributed by atoms with Crippen LogP contribution in [0.5, 0.6) is 0 Å². The molecule has 0 aromatic heterocycles. The van der Waals surface area contributed by atoms with Crippen molar-refractivity contribution < 1.29 is 8.60 Å². The molecule has 1 aromatic carbocycles. The standard InChI is InChI=1S/C8H9ClFNOS/c9-6-1-2-7(11)8(5-6)13(12)4-3-10/h1-2,5H,3-4,11H2. The second-order valence-corrected chi connectivity index (χ2v) is 4.40. The average Bonchev–Trinajstić information content (AvgIpc) is 2.09. The van der Waals surface area contributed by atoms with Gasteiger partial charge in [0.05, 0.1) is 21.4 Å². The molecule has 0 aliphatic heterocycles. The largest absolute Gasteiger partial charge is 0.398 e. The molecule has 1 aromatic rings. The highest BCUT2D eigenvalue weighted by Gasteiger charge is 2.07. The third-order valence-electron chi connectivity index (χ3n) is 1.48. The number of nitrogens with two attached hydrogens (primary N) is 1. The van der Waals surface area contributed by atoms with E-state index in [0.717, 1.165) is 0 Å². The number of rotatable bonds is 3. The van der Waals surface area contributed by atoms with E-state index in [1.165, 1.54) is 6.07 Å². The Hall–Kier alpha value is -0.610. The lowest BCUT2D eigenvalue weighted by atomic mass is 10.3. The van der Waals surface area contributed by atoms with Gasteiger partial charge in [-0.05, 0) is 18.2 Å². The zero-order valence-electron chi connectivity index (χ0n) is 6.80. The molecule has 2 N–H and O–H groups in total. The lowest BCUT2D eigenvalue weighted by molar-refractivity contribution is 0.528. The minimum absolute atomic E-state index is 0.0372. The predicted octanol–water partition coefficient (Wildman–Crippen LogP) is 2.00. The first-order valence-corrected chi connectivity index (χ1v) is 5.34. The zero-order valence-corrected chi connectivity index (χ0v) is 8.37. The van der Waals surface area contributed by atoms with Crippen LogP contribution in [0.3, 0.4) is 0 Å². The van der Waals surface area contributed by atoms with Gasteiger partial charge in [-0.3, -0.25) is 8.60 Å². The van der Waals surface area contributed by atoms with Crippen LogP contribution in [0.4, 0.5) is 10.1 Å². The molecule has 0 heterocycles. The summed E-state index contributed by atoms with van der Waals surface area (Å²) in [5.74, 6) is -0.0372. The molecule has 0 bridgehead atoms. The Balaban J connectivity index is 2.99. The lowest BCUT2D eigenvalue weighted by Gasteiger charge is -2.03. The summed E-state index contributed by atoms with van der Waals surface area (Å²) in [6.07, 6.45) is 0. The minimum Gasteiger partial charge on any atom is -0.398 e. The lowest BCUT2D eigenvalue weighted by Crippen LogP contribution is -2.03. The Morgan fingerprint density at radius 3 is 2.85 bits per heavy atom. The van der Waals surface area contributed by atoms with Crippen molar-refractivity contribution in [3.8, 4) is 0 Å². The third-order valence-corrected chi connectivity index (χ3v) is 3.09. The monoisotopic (exact) mass is 221 g/mol. The molecule has 0 radical (unpaired) electrons. The van der Waals surface area contributed by atoms with Crippen LogP contribution in [-0.2, 0) is 10.8 Å². The summed E-state index contributed by atoms with van der Waals surface area (Å²) in [6, 6.07) is 4.67. The summed E-state index contributed by atoms with van der Waals surface area (Å²) >= 11 is 5.68. The quantitative estimate of drug-likeness (QED) is 0.794. The maximum Gasteiger partial charge on any atom is 0.101 e. The second kappa shape index (κ2) is 4.58. The van der Waals surface area contributed by atoms with Gasteiger partial charge in [-0.25, -0.2) is 0 Å². The van der Waals surface area contributed by atoms with Crippen molar-refractivity contribution in [2.24, 2.45) is 0 Å². The Morgan fingerprint density at radius 2 is 2.23 bits per heavy atom. The fourth-order valence-electron chi connectivity index (χ4n) is 0.885. The SMILES string of the molecule is Nc1ccc(Cl)cc1S(=O)CCF. The van der Waals surface area contributed by atoms with E-state index < -0.39 is 17.5 Å². The first-order chi connectivity index (χ1) is 6.15. The van der Waals surface area contributed by atoms with Gasteiger partial charge in [0.2, 0.25) is 0 Å². The summed E-state index contributed by atoms with van der Waals surface area (Å²) in [5.41, 5.74) is 5.93. The average molecular weight is 222 g/mol. The molecule has 72 valence electrons. The van der Waals surface area contributed by atoms with Crippen LogP contribution in [0.15, 0.2) is 23.1 Å². The van der Waals surface area contributed by atoms with Crippen molar-refractivity contribution in [3.63, 3.8) is 0 Å². The van der Waals surface area contributed by atoms with Crippen molar-refractivity contribution in [2.75, 3.05) is 18.2 Å². The summed E-state index contributed by atoms with van der Waals surface area (Å²) < 4.78 is 23.2. The van der Waals surface area contributed by atoms with Gasteiger partial charge in [0.1, 0.15) is 6.67 Å². The Bertz CT molecular complexity index is 332. The topological polar surface area (TPSA) is 43.1 Å². The molecular formula is C8H9ClFNOS. The summed E-state index contributed by atoms with van der Waals surface area (Å²) in [5, 5.41) is 0.455. The van der Waals surface area contributed by atoms with Gasteiger partial charge < -0.3 is 5.73 Å². The van der Waals surface area contributed by atoms with E-state index in [4.69, 9.17) is 17.3 Å². The van der Waals surface area contributed by atoms with E-state index in [2.05, 4.69) is 0 Å². The number of hydrogen-bond donors (Lipinski definition) is 1. The molecule has 0 fully saturated rings. The second-order valence-electron chi connectivity index (χ2n) is 2.42. The highest BCUT2D eigenvalue weighted by atomic mass is 35.5. The van der Waals surface area contributed by atoms with Crippen LogP contribution in [-0.4, -0.2) is 16.6 Å². The zero-order chi connectivity index (χ0) is 9.84. The molecule has 1 rings (SSSR count). The summed E-state index contributed by atoms with van der Waals surface area (Å²) in [4.78, 5) is 0.408. The van der Waals surface area contributed by atoms with Crippen molar-refractivity contribution in [3.05, 3.63) is 23.2 Å². The molecule has 1 unspecified atom stereocenters. The van der Waals surface area contributed by atoms with Crippen LogP contribution in [0.25, 0.3) is 0 Å². The van der Waals surface area contributed by atoms with Crippen LogP contribution in [0, 0.1) is 0 Å². The van der Waals surface area contributed by atoms with Crippen molar-refractivity contribution in [1.82, 2.24) is 0 Å². The van der Waals surface area contributed by atoms with Gasteiger partial charge >= 0.3 is 0 Å². The third kappa shape index (κ3) is 2.67. The first kappa shape index (κ1) is 10.5. The van der Waals surface area contributed by atoms with Crippen molar-refractivity contribution >= 4 is 28.1 Å². The van der Waals surface area contributed by atoms with E-state index >= 15 is 0 Å². The van der Waals surface area contributed by atoms with Gasteiger partial charge in [0, 0.05) is 10.7 Å². The van der Waals surface area contributed by atoms with E-state index in [9.17, 15) is 8.60 Å². The molecule has 0 saturated heterocycles. The highest BCUT2D eigenvalue weighted by molar-refractivity contribution is 7.85. The van der Waals surface area contributed by atoms with E-state index in [0.29, 0.717) is 15.6 Å². The van der Waals surface area contributed by atoms with E-state index in [-0.39, 0.29) is 5.75 Å². The van der Waals surface area contributed by atoms with Crippen LogP contribution in [0.2, 0.25) is 5.02 Å². The number of hydrogen-bond acceptors (Lipinski definition) is 2. The number of alkyl halides is 1. The number of benzene rings is 1. The maximum atomic E-state index is 11.9. The molecule has 0 aliphatic carbocycles. The molecule has 5 heteroatoms. The molecule has 0 amide bonds. The fourth-order valence-corrected chi connectivity index (χ4v) is 2.07. The minimum atomic E-state index is -1.39. The van der Waals surface area contributed by atoms with Gasteiger partial charge in [0.25, 0.3) is 0 Å². The Morgan fingerprint density at radius 1 is 1.54 bits per heavy atom. The maximum absolute atomic E-state index is 11.9. The van der Waals surface area contributed by atoms with Crippen molar-refractivity contribution in [1.29, 1.82) is 0 Å². The molecular weight excluding hydrogens is 213 g/mol. The normalized spacial score (nSPS) is 12.8. The number of nitrogen functional groups attached to an aromatic ring is 1. The molecule has 0 aliphatic rings. The Kier molecular flexibility index (Phi) is 3.69. The highest BCUT2D eigenvalue weighted by Crippen LogP contribution is 2.21. The molecule has 1 atom stereocenters. The Labute approximate surface area is 83.3 Å². The van der Waals surface area contributed by atoms with E-state index in [1.807, 2.05) is 0 Å². The van der Waals surface area contributed by atoms with Crippen LogP contribution in [0.1, 0.15) is 0 Å². The van der Waals surface area contributed by atoms with Crippen LogP contribution < -0.4 is 5.73 Å². The number of anilines is 1. The van der Waals surface area contributed by atoms with Gasteiger partial charge in [0.15, 0.2) is 0 Å². The molecule has 0 saturated carbocycles. The smallest absolute Gasteiger partial charge is 0.101 e. The fraction of sp³-hybridized carbons (Fsp3) is 0.250. The van der Waals surface area contributed by atoms with Gasteiger partial charge in [-0.2, -0.15) is 0 Å². The predicted molar refractivity (Wildman–Crippen MR) is 53.1 cm³/mol. The van der Waals surface area contributed by atoms with E-state index in [1.54, 1.807) is 12.1 Å². The van der Waals surface area contributed by atoms with Gasteiger partial charge in [-0.15, -0.1) is 0 Å². The molecule has 13 heavy (non-hydrogen) atoms.